The van der Waals surface area contributed by atoms with Gasteiger partial charge in [0.1, 0.15) is 0 Å². The van der Waals surface area contributed by atoms with E-state index in [1.165, 1.54) is 0 Å². The van der Waals surface area contributed by atoms with Crippen LogP contribution < -0.4 is 5.32 Å². The molecule has 0 aliphatic heterocycles. The molecule has 5 nitrogen and oxygen atoms in total. The number of rotatable bonds is 4. The van der Waals surface area contributed by atoms with Gasteiger partial charge in [-0.1, -0.05) is 49.2 Å². The maximum absolute atomic E-state index is 12.4. The van der Waals surface area contributed by atoms with Gasteiger partial charge in [-0.3, -0.25) is 4.79 Å². The first kappa shape index (κ1) is 16.9. The molecule has 0 bridgehead atoms. The van der Waals surface area contributed by atoms with Crippen LogP contribution in [-0.2, 0) is 6.54 Å². The molecule has 7 heteroatoms. The van der Waals surface area contributed by atoms with Gasteiger partial charge in [0, 0.05) is 15.5 Å². The number of nitrogens with one attached hydrogen (secondary N) is 1. The number of hydrogen-bond acceptors (Lipinski definition) is 3. The molecule has 3 aromatic rings. The minimum absolute atomic E-state index is 0.240. The Morgan fingerprint density at radius 3 is 2.58 bits per heavy atom. The molecular weight excluding hydrogens is 436 g/mol. The van der Waals surface area contributed by atoms with Gasteiger partial charge in [-0.2, -0.15) is 0 Å². The lowest BCUT2D eigenvalue weighted by Gasteiger charge is -2.06. The lowest BCUT2D eigenvalue weighted by molar-refractivity contribution is 0.0945. The highest BCUT2D eigenvalue weighted by molar-refractivity contribution is 9.10. The molecule has 0 fully saturated rings. The number of amides is 1. The molecular formula is C17H14Br2N4O. The predicted octanol–water partition coefficient (Wildman–Crippen LogP) is 4.03. The fourth-order valence-corrected chi connectivity index (χ4v) is 2.99. The Morgan fingerprint density at radius 1 is 1.12 bits per heavy atom. The van der Waals surface area contributed by atoms with Crippen LogP contribution in [0.4, 0.5) is 0 Å². The van der Waals surface area contributed by atoms with E-state index in [-0.39, 0.29) is 5.91 Å². The number of nitrogens with zero attached hydrogens (tertiary/aromatic N) is 3. The number of carbonyl (C=O) groups excluding carboxylic acids is 1. The molecule has 0 unspecified atom stereocenters. The van der Waals surface area contributed by atoms with Crippen LogP contribution in [0.2, 0.25) is 0 Å². The number of halogens is 2. The molecule has 0 saturated heterocycles. The number of hydrogen-bond donors (Lipinski definition) is 1. The molecule has 0 spiro atoms. The first-order valence-corrected chi connectivity index (χ1v) is 8.84. The maximum atomic E-state index is 12.4. The van der Waals surface area contributed by atoms with Gasteiger partial charge >= 0.3 is 0 Å². The molecule has 1 heterocycles. The van der Waals surface area contributed by atoms with Crippen LogP contribution in [-0.4, -0.2) is 20.9 Å². The SMILES string of the molecule is Cc1c(C(=O)NCc2cccc(Br)c2)nnn1-c1ccc(Br)cc1. The van der Waals surface area contributed by atoms with Crippen molar-refractivity contribution < 1.29 is 4.79 Å². The highest BCUT2D eigenvalue weighted by Crippen LogP contribution is 2.16. The van der Waals surface area contributed by atoms with Gasteiger partial charge in [-0.05, 0) is 48.9 Å². The number of carbonyl (C=O) groups is 1. The summed E-state index contributed by atoms with van der Waals surface area (Å²) in [6, 6.07) is 15.5. The van der Waals surface area contributed by atoms with Crippen molar-refractivity contribution in [1.29, 1.82) is 0 Å². The number of benzene rings is 2. The summed E-state index contributed by atoms with van der Waals surface area (Å²) in [5.41, 5.74) is 2.89. The highest BCUT2D eigenvalue weighted by Gasteiger charge is 2.17. The zero-order valence-electron chi connectivity index (χ0n) is 12.8. The molecule has 0 aliphatic carbocycles. The topological polar surface area (TPSA) is 59.8 Å². The third-order valence-corrected chi connectivity index (χ3v) is 4.54. The van der Waals surface area contributed by atoms with Crippen molar-refractivity contribution in [2.24, 2.45) is 0 Å². The molecule has 1 aromatic heterocycles. The smallest absolute Gasteiger partial charge is 0.274 e. The minimum atomic E-state index is -0.240. The minimum Gasteiger partial charge on any atom is -0.347 e. The van der Waals surface area contributed by atoms with Gasteiger partial charge in [0.05, 0.1) is 11.4 Å². The summed E-state index contributed by atoms with van der Waals surface area (Å²) >= 11 is 6.82. The third-order valence-electron chi connectivity index (χ3n) is 3.52. The lowest BCUT2D eigenvalue weighted by Crippen LogP contribution is -2.24. The van der Waals surface area contributed by atoms with E-state index < -0.39 is 0 Å². The van der Waals surface area contributed by atoms with Crippen LogP contribution in [0.25, 0.3) is 5.69 Å². The van der Waals surface area contributed by atoms with Gasteiger partial charge in [0.2, 0.25) is 0 Å². The zero-order chi connectivity index (χ0) is 17.1. The predicted molar refractivity (Wildman–Crippen MR) is 99.1 cm³/mol. The molecule has 0 saturated carbocycles. The Bertz CT molecular complexity index is 875. The normalized spacial score (nSPS) is 10.6. The van der Waals surface area contributed by atoms with Crippen molar-refractivity contribution in [1.82, 2.24) is 20.3 Å². The zero-order valence-corrected chi connectivity index (χ0v) is 16.0. The molecule has 1 N–H and O–H groups in total. The quantitative estimate of drug-likeness (QED) is 0.654. The summed E-state index contributed by atoms with van der Waals surface area (Å²) in [4.78, 5) is 12.4. The van der Waals surface area contributed by atoms with Crippen molar-refractivity contribution in [2.75, 3.05) is 0 Å². The maximum Gasteiger partial charge on any atom is 0.274 e. The van der Waals surface area contributed by atoms with Crippen LogP contribution in [0.1, 0.15) is 21.7 Å². The summed E-state index contributed by atoms with van der Waals surface area (Å²) in [5.74, 6) is -0.240. The summed E-state index contributed by atoms with van der Waals surface area (Å²) in [7, 11) is 0. The highest BCUT2D eigenvalue weighted by atomic mass is 79.9. The fourth-order valence-electron chi connectivity index (χ4n) is 2.28. The Hall–Kier alpha value is -1.99. The van der Waals surface area contributed by atoms with Crippen LogP contribution in [0.15, 0.2) is 57.5 Å². The monoisotopic (exact) mass is 448 g/mol. The van der Waals surface area contributed by atoms with E-state index in [0.717, 1.165) is 20.2 Å². The number of aromatic nitrogens is 3. The average molecular weight is 450 g/mol. The van der Waals surface area contributed by atoms with Gasteiger partial charge in [-0.25, -0.2) is 4.68 Å². The summed E-state index contributed by atoms with van der Waals surface area (Å²) in [6.45, 7) is 2.26. The van der Waals surface area contributed by atoms with E-state index in [1.807, 2.05) is 55.5 Å². The molecule has 0 atom stereocenters. The average Bonchev–Trinajstić information content (AvgIpc) is 2.95. The molecule has 122 valence electrons. The largest absolute Gasteiger partial charge is 0.347 e. The van der Waals surface area contributed by atoms with Gasteiger partial charge in [0.15, 0.2) is 5.69 Å². The van der Waals surface area contributed by atoms with Gasteiger partial charge in [-0.15, -0.1) is 5.10 Å². The third kappa shape index (κ3) is 3.73. The Labute approximate surface area is 156 Å². The summed E-state index contributed by atoms with van der Waals surface area (Å²) in [5, 5.41) is 11.0. The second kappa shape index (κ2) is 7.27. The molecule has 3 rings (SSSR count). The van der Waals surface area contributed by atoms with E-state index in [1.54, 1.807) is 4.68 Å². The first-order valence-electron chi connectivity index (χ1n) is 7.25. The second-order valence-corrected chi connectivity index (χ2v) is 7.06. The molecule has 24 heavy (non-hydrogen) atoms. The summed E-state index contributed by atoms with van der Waals surface area (Å²) in [6.07, 6.45) is 0. The standard InChI is InChI=1S/C17H14Br2N4O/c1-11-16(17(24)20-10-12-3-2-4-14(19)9-12)21-22-23(11)15-7-5-13(18)6-8-15/h2-9H,10H2,1H3,(H,20,24). The molecule has 0 aliphatic rings. The molecule has 0 radical (unpaired) electrons. The van der Waals surface area contributed by atoms with E-state index in [9.17, 15) is 4.79 Å². The van der Waals surface area contributed by atoms with Crippen LogP contribution >= 0.6 is 31.9 Å². The van der Waals surface area contributed by atoms with Crippen molar-refractivity contribution in [3.8, 4) is 5.69 Å². The Kier molecular flexibility index (Phi) is 5.11. The van der Waals surface area contributed by atoms with Crippen LogP contribution in [0, 0.1) is 6.92 Å². The molecule has 2 aromatic carbocycles. The van der Waals surface area contributed by atoms with Gasteiger partial charge in [0.25, 0.3) is 5.91 Å². The van der Waals surface area contributed by atoms with E-state index in [2.05, 4.69) is 47.5 Å². The van der Waals surface area contributed by atoms with Crippen LogP contribution in [0.5, 0.6) is 0 Å². The first-order chi connectivity index (χ1) is 11.5. The molecule has 1 amide bonds. The van der Waals surface area contributed by atoms with Crippen molar-refractivity contribution >= 4 is 37.8 Å². The Balaban J connectivity index is 1.75. The lowest BCUT2D eigenvalue weighted by atomic mass is 10.2. The Morgan fingerprint density at radius 2 is 1.88 bits per heavy atom. The van der Waals surface area contributed by atoms with E-state index in [4.69, 9.17) is 0 Å². The van der Waals surface area contributed by atoms with Gasteiger partial charge < -0.3 is 5.32 Å². The van der Waals surface area contributed by atoms with E-state index >= 15 is 0 Å². The van der Waals surface area contributed by atoms with Crippen molar-refractivity contribution in [2.45, 2.75) is 13.5 Å². The van der Waals surface area contributed by atoms with E-state index in [0.29, 0.717) is 17.9 Å². The second-order valence-electron chi connectivity index (χ2n) is 5.22. The summed E-state index contributed by atoms with van der Waals surface area (Å²) < 4.78 is 3.61. The van der Waals surface area contributed by atoms with Crippen molar-refractivity contribution in [3.05, 3.63) is 74.4 Å². The van der Waals surface area contributed by atoms with Crippen molar-refractivity contribution in [3.63, 3.8) is 0 Å². The van der Waals surface area contributed by atoms with Crippen LogP contribution in [0.3, 0.4) is 0 Å². The fraction of sp³-hybridized carbons (Fsp3) is 0.118.